The van der Waals surface area contributed by atoms with E-state index in [1.807, 2.05) is 31.2 Å². The number of hydrogen-bond donors (Lipinski definition) is 1. The van der Waals surface area contributed by atoms with E-state index in [-0.39, 0.29) is 0 Å². The second-order valence-corrected chi connectivity index (χ2v) is 2.66. The largest absolute Gasteiger partial charge is 0.445 e. The van der Waals surface area contributed by atoms with Crippen molar-refractivity contribution in [3.05, 3.63) is 42.5 Å². The summed E-state index contributed by atoms with van der Waals surface area (Å²) >= 11 is 0. The molecule has 0 radical (unpaired) electrons. The molecule has 0 unspecified atom stereocenters. The summed E-state index contributed by atoms with van der Waals surface area (Å²) in [5, 5.41) is 2.61. The molecule has 0 aliphatic heterocycles. The maximum absolute atomic E-state index is 11.1. The zero-order valence-electron chi connectivity index (χ0n) is 8.07. The summed E-state index contributed by atoms with van der Waals surface area (Å²) in [6.07, 6.45) is 3.16. The second kappa shape index (κ2) is 5.80. The molecule has 1 amide bonds. The van der Waals surface area contributed by atoms with E-state index in [0.717, 1.165) is 5.69 Å². The van der Waals surface area contributed by atoms with Crippen LogP contribution in [0.15, 0.2) is 42.5 Å². The third kappa shape index (κ3) is 3.76. The van der Waals surface area contributed by atoms with Crippen molar-refractivity contribution >= 4 is 11.8 Å². The Labute approximate surface area is 83.4 Å². The van der Waals surface area contributed by atoms with Crippen LogP contribution in [0.1, 0.15) is 6.92 Å². The van der Waals surface area contributed by atoms with Crippen LogP contribution in [0.3, 0.4) is 0 Å². The lowest BCUT2D eigenvalue weighted by Gasteiger charge is -2.04. The number of rotatable bonds is 3. The number of para-hydroxylation sites is 1. The average molecular weight is 191 g/mol. The van der Waals surface area contributed by atoms with E-state index < -0.39 is 6.09 Å². The van der Waals surface area contributed by atoms with Crippen molar-refractivity contribution in [2.75, 3.05) is 11.9 Å². The molecule has 1 N–H and O–H groups in total. The fourth-order valence-electron chi connectivity index (χ4n) is 0.895. The van der Waals surface area contributed by atoms with Crippen LogP contribution in [-0.4, -0.2) is 12.7 Å². The number of ether oxygens (including phenoxy) is 1. The van der Waals surface area contributed by atoms with Gasteiger partial charge in [0.05, 0.1) is 0 Å². The summed E-state index contributed by atoms with van der Waals surface area (Å²) in [6.45, 7) is 2.17. The van der Waals surface area contributed by atoms with Gasteiger partial charge in [-0.3, -0.25) is 5.32 Å². The Morgan fingerprint density at radius 1 is 1.43 bits per heavy atom. The molecule has 0 heterocycles. The van der Waals surface area contributed by atoms with E-state index in [4.69, 9.17) is 4.74 Å². The van der Waals surface area contributed by atoms with E-state index >= 15 is 0 Å². The highest BCUT2D eigenvalue weighted by Crippen LogP contribution is 2.04. The molecule has 14 heavy (non-hydrogen) atoms. The lowest BCUT2D eigenvalue weighted by Crippen LogP contribution is -2.13. The normalized spacial score (nSPS) is 10.1. The summed E-state index contributed by atoms with van der Waals surface area (Å²) in [7, 11) is 0. The quantitative estimate of drug-likeness (QED) is 0.746. The van der Waals surface area contributed by atoms with E-state index in [0.29, 0.717) is 6.61 Å². The van der Waals surface area contributed by atoms with Crippen LogP contribution < -0.4 is 5.32 Å². The number of carbonyl (C=O) groups is 1. The molecule has 1 rings (SSSR count). The van der Waals surface area contributed by atoms with Gasteiger partial charge in [-0.1, -0.05) is 30.4 Å². The number of amides is 1. The maximum Gasteiger partial charge on any atom is 0.411 e. The van der Waals surface area contributed by atoms with Gasteiger partial charge < -0.3 is 4.74 Å². The van der Waals surface area contributed by atoms with Gasteiger partial charge in [-0.05, 0) is 19.1 Å². The molecule has 0 saturated heterocycles. The summed E-state index contributed by atoms with van der Waals surface area (Å²) in [5.74, 6) is 0. The minimum atomic E-state index is -0.436. The number of anilines is 1. The fraction of sp³-hybridized carbons (Fsp3) is 0.182. The third-order valence-corrected chi connectivity index (χ3v) is 1.57. The van der Waals surface area contributed by atoms with Crippen molar-refractivity contribution in [3.63, 3.8) is 0 Å². The van der Waals surface area contributed by atoms with Crippen LogP contribution in [0.5, 0.6) is 0 Å². The monoisotopic (exact) mass is 191 g/mol. The number of hydrogen-bond acceptors (Lipinski definition) is 2. The first-order valence-electron chi connectivity index (χ1n) is 4.43. The zero-order valence-corrected chi connectivity index (χ0v) is 8.07. The zero-order chi connectivity index (χ0) is 10.2. The molecule has 0 bridgehead atoms. The predicted molar refractivity (Wildman–Crippen MR) is 56.2 cm³/mol. The maximum atomic E-state index is 11.1. The molecule has 0 atom stereocenters. The number of nitrogens with one attached hydrogen (secondary N) is 1. The van der Waals surface area contributed by atoms with Gasteiger partial charge >= 0.3 is 6.09 Å². The summed E-state index contributed by atoms with van der Waals surface area (Å²) in [6, 6.07) is 9.19. The first-order chi connectivity index (χ1) is 6.83. The summed E-state index contributed by atoms with van der Waals surface area (Å²) < 4.78 is 4.85. The molecule has 0 aliphatic rings. The van der Waals surface area contributed by atoms with Crippen molar-refractivity contribution < 1.29 is 9.53 Å². The van der Waals surface area contributed by atoms with Crippen LogP contribution in [0.4, 0.5) is 10.5 Å². The molecule has 0 aromatic heterocycles. The van der Waals surface area contributed by atoms with Gasteiger partial charge in [0.1, 0.15) is 6.61 Å². The van der Waals surface area contributed by atoms with Crippen molar-refractivity contribution in [1.29, 1.82) is 0 Å². The molecule has 1 aromatic carbocycles. The highest BCUT2D eigenvalue weighted by Gasteiger charge is 1.99. The molecule has 0 fully saturated rings. The summed E-state index contributed by atoms with van der Waals surface area (Å²) in [5.41, 5.74) is 0.734. The lowest BCUT2D eigenvalue weighted by atomic mass is 10.3. The van der Waals surface area contributed by atoms with Gasteiger partial charge in [-0.15, -0.1) is 0 Å². The molecule has 0 aliphatic carbocycles. The van der Waals surface area contributed by atoms with Crippen LogP contribution >= 0.6 is 0 Å². The van der Waals surface area contributed by atoms with E-state index in [2.05, 4.69) is 5.32 Å². The second-order valence-electron chi connectivity index (χ2n) is 2.66. The van der Waals surface area contributed by atoms with Crippen molar-refractivity contribution in [3.8, 4) is 0 Å². The number of carbonyl (C=O) groups excluding carboxylic acids is 1. The van der Waals surface area contributed by atoms with E-state index in [1.54, 1.807) is 18.2 Å². The standard InChI is InChI=1S/C11H13NO2/c1-2-3-9-14-11(13)12-10-7-5-4-6-8-10/h2-8H,9H2,1H3,(H,12,13)/b3-2-. The van der Waals surface area contributed by atoms with Gasteiger partial charge in [0.2, 0.25) is 0 Å². The molecule has 3 nitrogen and oxygen atoms in total. The third-order valence-electron chi connectivity index (χ3n) is 1.57. The van der Waals surface area contributed by atoms with Crippen LogP contribution in [0.25, 0.3) is 0 Å². The van der Waals surface area contributed by atoms with Crippen molar-refractivity contribution in [2.24, 2.45) is 0 Å². The van der Waals surface area contributed by atoms with Gasteiger partial charge in [0, 0.05) is 5.69 Å². The number of allylic oxidation sites excluding steroid dienone is 1. The molecule has 0 saturated carbocycles. The first kappa shape index (κ1) is 10.3. The predicted octanol–water partition coefficient (Wildman–Crippen LogP) is 2.81. The van der Waals surface area contributed by atoms with E-state index in [9.17, 15) is 4.79 Å². The van der Waals surface area contributed by atoms with Gasteiger partial charge in [-0.25, -0.2) is 4.79 Å². The average Bonchev–Trinajstić information content (AvgIpc) is 2.20. The van der Waals surface area contributed by atoms with E-state index in [1.165, 1.54) is 0 Å². The lowest BCUT2D eigenvalue weighted by molar-refractivity contribution is 0.174. The van der Waals surface area contributed by atoms with Crippen molar-refractivity contribution in [1.82, 2.24) is 0 Å². The highest BCUT2D eigenvalue weighted by molar-refractivity contribution is 5.84. The minimum Gasteiger partial charge on any atom is -0.445 e. The molecule has 0 spiro atoms. The summed E-state index contributed by atoms with van der Waals surface area (Å²) in [4.78, 5) is 11.1. The van der Waals surface area contributed by atoms with Gasteiger partial charge in [0.25, 0.3) is 0 Å². The molecular formula is C11H13NO2. The highest BCUT2D eigenvalue weighted by atomic mass is 16.5. The van der Waals surface area contributed by atoms with Crippen LogP contribution in [0, 0.1) is 0 Å². The molecule has 1 aromatic rings. The fourth-order valence-corrected chi connectivity index (χ4v) is 0.895. The SMILES string of the molecule is C/C=C\COC(=O)Nc1ccccc1. The molecular weight excluding hydrogens is 178 g/mol. The van der Waals surface area contributed by atoms with Crippen molar-refractivity contribution in [2.45, 2.75) is 6.92 Å². The Bertz CT molecular complexity index is 306. The Hall–Kier alpha value is -1.77. The Morgan fingerprint density at radius 3 is 2.79 bits per heavy atom. The van der Waals surface area contributed by atoms with Crippen LogP contribution in [-0.2, 0) is 4.74 Å². The van der Waals surface area contributed by atoms with Crippen LogP contribution in [0.2, 0.25) is 0 Å². The van der Waals surface area contributed by atoms with Gasteiger partial charge in [-0.2, -0.15) is 0 Å². The minimum absolute atomic E-state index is 0.301. The Balaban J connectivity index is 2.34. The Morgan fingerprint density at radius 2 is 2.14 bits per heavy atom. The first-order valence-corrected chi connectivity index (χ1v) is 4.43. The molecule has 3 heteroatoms. The molecule has 74 valence electrons. The van der Waals surface area contributed by atoms with Gasteiger partial charge in [0.15, 0.2) is 0 Å². The smallest absolute Gasteiger partial charge is 0.411 e. The Kier molecular flexibility index (Phi) is 4.27. The number of benzene rings is 1. The topological polar surface area (TPSA) is 38.3 Å².